The van der Waals surface area contributed by atoms with Crippen LogP contribution in [0.2, 0.25) is 0 Å². The van der Waals surface area contributed by atoms with E-state index in [1.807, 2.05) is 6.20 Å². The number of nitrogens with one attached hydrogen (secondary N) is 1. The summed E-state index contributed by atoms with van der Waals surface area (Å²) >= 11 is 0. The highest BCUT2D eigenvalue weighted by Crippen LogP contribution is 2.32. The zero-order chi connectivity index (χ0) is 13.4. The van der Waals surface area contributed by atoms with Crippen LogP contribution in [0.15, 0.2) is 6.20 Å². The van der Waals surface area contributed by atoms with Gasteiger partial charge in [0, 0.05) is 37.8 Å². The van der Waals surface area contributed by atoms with E-state index in [1.54, 1.807) is 0 Å². The summed E-state index contributed by atoms with van der Waals surface area (Å²) in [5.41, 5.74) is 6.82. The number of aromatic nitrogens is 2. The van der Waals surface area contributed by atoms with Gasteiger partial charge in [-0.2, -0.15) is 4.98 Å². The van der Waals surface area contributed by atoms with Crippen LogP contribution in [0.1, 0.15) is 18.9 Å². The predicted molar refractivity (Wildman–Crippen MR) is 72.6 cm³/mol. The largest absolute Gasteiger partial charge is 0.368 e. The molecule has 0 aliphatic carbocycles. The Labute approximate surface area is 112 Å². The summed E-state index contributed by atoms with van der Waals surface area (Å²) in [5.74, 6) is 2.39. The Morgan fingerprint density at radius 2 is 2.26 bits per heavy atom. The number of hydrogen-bond acceptors (Lipinski definition) is 5. The topological polar surface area (TPSA) is 84.1 Å². The van der Waals surface area contributed by atoms with Gasteiger partial charge >= 0.3 is 0 Å². The van der Waals surface area contributed by atoms with E-state index in [2.05, 4.69) is 27.1 Å². The number of carbonyl (C=O) groups is 1. The molecule has 2 aliphatic rings. The minimum Gasteiger partial charge on any atom is -0.368 e. The zero-order valence-corrected chi connectivity index (χ0v) is 11.1. The number of piperidine rings is 1. The maximum absolute atomic E-state index is 11.5. The molecule has 19 heavy (non-hydrogen) atoms. The van der Waals surface area contributed by atoms with Gasteiger partial charge in [-0.25, -0.2) is 4.98 Å². The van der Waals surface area contributed by atoms with Gasteiger partial charge in [-0.3, -0.25) is 4.79 Å². The lowest BCUT2D eigenvalue weighted by molar-refractivity contribution is -0.124. The molecule has 0 radical (unpaired) electrons. The molecule has 2 aliphatic heterocycles. The van der Waals surface area contributed by atoms with E-state index in [-0.39, 0.29) is 5.91 Å². The molecule has 2 saturated heterocycles. The average Bonchev–Trinajstić information content (AvgIpc) is 2.81. The number of carbonyl (C=O) groups excluding carboxylic acids is 1. The summed E-state index contributed by atoms with van der Waals surface area (Å²) in [6, 6.07) is 0. The Morgan fingerprint density at radius 1 is 1.47 bits per heavy atom. The Balaban J connectivity index is 1.84. The number of nitrogens with two attached hydrogens (primary N) is 1. The molecule has 0 aromatic carbocycles. The van der Waals surface area contributed by atoms with Crippen LogP contribution >= 0.6 is 0 Å². The maximum atomic E-state index is 11.5. The highest BCUT2D eigenvalue weighted by atomic mass is 16.1. The molecule has 6 heteroatoms. The van der Waals surface area contributed by atoms with Gasteiger partial charge in [0.1, 0.15) is 5.82 Å². The summed E-state index contributed by atoms with van der Waals surface area (Å²) in [6.45, 7) is 4.70. The Hall–Kier alpha value is -1.85. The number of hydrogen-bond donors (Lipinski definition) is 2. The van der Waals surface area contributed by atoms with Crippen LogP contribution in [0.25, 0.3) is 0 Å². The summed E-state index contributed by atoms with van der Waals surface area (Å²) in [4.78, 5) is 22.2. The minimum atomic E-state index is 0.168. The predicted octanol–water partition coefficient (Wildman–Crippen LogP) is 0.194. The molecule has 0 saturated carbocycles. The molecule has 3 rings (SSSR count). The van der Waals surface area contributed by atoms with Crippen molar-refractivity contribution in [3.63, 3.8) is 0 Å². The summed E-state index contributed by atoms with van der Waals surface area (Å²) in [5, 5.41) is 2.94. The standard InChI is InChI=1S/C13H19N5O/c1-2-8-4-16-13(14)17-12(8)18-6-9-3-11(19)15-5-10(9)7-18/h4,9-10H,2-3,5-7H2,1H3,(H,15,19)(H2,14,16,17)/t9-,10+/m1/s1. The number of fused-ring (bicyclic) bond motifs is 1. The van der Waals surface area contributed by atoms with E-state index in [1.165, 1.54) is 0 Å². The summed E-state index contributed by atoms with van der Waals surface area (Å²) in [6.07, 6.45) is 3.32. The van der Waals surface area contributed by atoms with Crippen molar-refractivity contribution in [2.45, 2.75) is 19.8 Å². The van der Waals surface area contributed by atoms with Crippen molar-refractivity contribution >= 4 is 17.7 Å². The van der Waals surface area contributed by atoms with E-state index in [0.717, 1.165) is 37.4 Å². The van der Waals surface area contributed by atoms with Gasteiger partial charge in [0.2, 0.25) is 11.9 Å². The smallest absolute Gasteiger partial charge is 0.221 e. The Bertz CT molecular complexity index is 504. The van der Waals surface area contributed by atoms with E-state index in [9.17, 15) is 4.79 Å². The number of nitrogen functional groups attached to an aromatic ring is 1. The van der Waals surface area contributed by atoms with Crippen LogP contribution < -0.4 is 16.0 Å². The fraction of sp³-hybridized carbons (Fsp3) is 0.615. The second-order valence-electron chi connectivity index (χ2n) is 5.36. The van der Waals surface area contributed by atoms with Crippen molar-refractivity contribution in [1.82, 2.24) is 15.3 Å². The number of nitrogens with zero attached hydrogens (tertiary/aromatic N) is 3. The molecule has 102 valence electrons. The number of anilines is 2. The molecular formula is C13H19N5O. The lowest BCUT2D eigenvalue weighted by Gasteiger charge is -2.23. The minimum absolute atomic E-state index is 0.168. The third-order valence-corrected chi connectivity index (χ3v) is 4.13. The first-order chi connectivity index (χ1) is 9.17. The lowest BCUT2D eigenvalue weighted by Crippen LogP contribution is -2.39. The van der Waals surface area contributed by atoms with Crippen molar-refractivity contribution in [1.29, 1.82) is 0 Å². The molecular weight excluding hydrogens is 242 g/mol. The molecule has 6 nitrogen and oxygen atoms in total. The normalized spacial score (nSPS) is 26.2. The highest BCUT2D eigenvalue weighted by Gasteiger charge is 2.38. The molecule has 0 spiro atoms. The molecule has 3 heterocycles. The Morgan fingerprint density at radius 3 is 3.05 bits per heavy atom. The van der Waals surface area contributed by atoms with Gasteiger partial charge in [0.15, 0.2) is 0 Å². The molecule has 3 N–H and O–H groups in total. The van der Waals surface area contributed by atoms with E-state index in [0.29, 0.717) is 24.2 Å². The summed E-state index contributed by atoms with van der Waals surface area (Å²) < 4.78 is 0. The SMILES string of the molecule is CCc1cnc(N)nc1N1C[C@H]2CC(=O)NC[C@H]2C1. The van der Waals surface area contributed by atoms with Gasteiger partial charge in [0.25, 0.3) is 0 Å². The molecule has 1 aromatic heterocycles. The van der Waals surface area contributed by atoms with Crippen molar-refractivity contribution in [3.8, 4) is 0 Å². The average molecular weight is 261 g/mol. The fourth-order valence-electron chi connectivity index (χ4n) is 3.06. The first-order valence-electron chi connectivity index (χ1n) is 6.80. The van der Waals surface area contributed by atoms with Crippen molar-refractivity contribution in [2.24, 2.45) is 11.8 Å². The fourth-order valence-corrected chi connectivity index (χ4v) is 3.06. The van der Waals surface area contributed by atoms with Crippen molar-refractivity contribution in [2.75, 3.05) is 30.3 Å². The lowest BCUT2D eigenvalue weighted by atomic mass is 9.89. The third kappa shape index (κ3) is 2.22. The third-order valence-electron chi connectivity index (χ3n) is 4.13. The number of rotatable bonds is 2. The number of amides is 1. The van der Waals surface area contributed by atoms with E-state index < -0.39 is 0 Å². The van der Waals surface area contributed by atoms with Gasteiger partial charge in [-0.15, -0.1) is 0 Å². The van der Waals surface area contributed by atoms with Crippen LogP contribution in [-0.2, 0) is 11.2 Å². The zero-order valence-electron chi connectivity index (χ0n) is 11.1. The van der Waals surface area contributed by atoms with Crippen LogP contribution in [0.3, 0.4) is 0 Å². The van der Waals surface area contributed by atoms with E-state index >= 15 is 0 Å². The van der Waals surface area contributed by atoms with Crippen LogP contribution in [-0.4, -0.2) is 35.5 Å². The monoisotopic (exact) mass is 261 g/mol. The first-order valence-corrected chi connectivity index (χ1v) is 6.80. The van der Waals surface area contributed by atoms with Gasteiger partial charge in [-0.1, -0.05) is 6.92 Å². The maximum Gasteiger partial charge on any atom is 0.221 e. The quantitative estimate of drug-likeness (QED) is 0.794. The first kappa shape index (κ1) is 12.2. The molecule has 0 unspecified atom stereocenters. The molecule has 1 aromatic rings. The molecule has 2 fully saturated rings. The van der Waals surface area contributed by atoms with Gasteiger partial charge in [-0.05, 0) is 18.3 Å². The van der Waals surface area contributed by atoms with Crippen molar-refractivity contribution in [3.05, 3.63) is 11.8 Å². The molecule has 1 amide bonds. The van der Waals surface area contributed by atoms with Gasteiger partial charge in [0.05, 0.1) is 0 Å². The van der Waals surface area contributed by atoms with Crippen LogP contribution in [0.5, 0.6) is 0 Å². The Kier molecular flexibility index (Phi) is 3.00. The molecule has 2 atom stereocenters. The molecule has 0 bridgehead atoms. The number of aryl methyl sites for hydroxylation is 1. The second-order valence-corrected chi connectivity index (χ2v) is 5.36. The van der Waals surface area contributed by atoms with Gasteiger partial charge < -0.3 is 16.0 Å². The van der Waals surface area contributed by atoms with Crippen molar-refractivity contribution < 1.29 is 4.79 Å². The van der Waals surface area contributed by atoms with Crippen LogP contribution in [0.4, 0.5) is 11.8 Å². The second kappa shape index (κ2) is 4.68. The summed E-state index contributed by atoms with van der Waals surface area (Å²) in [7, 11) is 0. The highest BCUT2D eigenvalue weighted by molar-refractivity contribution is 5.77. The van der Waals surface area contributed by atoms with Crippen LogP contribution in [0, 0.1) is 11.8 Å². The van der Waals surface area contributed by atoms with E-state index in [4.69, 9.17) is 5.73 Å².